The van der Waals surface area contributed by atoms with Crippen LogP contribution in [0.3, 0.4) is 0 Å². The number of carbonyl (C=O) groups is 1. The van der Waals surface area contributed by atoms with E-state index in [2.05, 4.69) is 10.3 Å². The summed E-state index contributed by atoms with van der Waals surface area (Å²) in [4.78, 5) is 21.1. The highest BCUT2D eigenvalue weighted by Crippen LogP contribution is 2.47. The SMILES string of the molecule is O=C(NCc1ccc(-n2ccnc2)cc1)N1c2ccccc2Sc2ccccc21. The van der Waals surface area contributed by atoms with Crippen LogP contribution in [0.1, 0.15) is 5.56 Å². The summed E-state index contributed by atoms with van der Waals surface area (Å²) in [5.41, 5.74) is 3.89. The van der Waals surface area contributed by atoms with Gasteiger partial charge in [0.1, 0.15) is 0 Å². The molecule has 1 aliphatic heterocycles. The molecule has 1 aliphatic rings. The zero-order chi connectivity index (χ0) is 19.6. The molecule has 0 bridgehead atoms. The second-order valence-corrected chi connectivity index (χ2v) is 7.75. The fraction of sp³-hybridized carbons (Fsp3) is 0.0435. The van der Waals surface area contributed by atoms with Crippen LogP contribution in [0.15, 0.2) is 101 Å². The smallest absolute Gasteiger partial charge is 0.326 e. The molecular weight excluding hydrogens is 380 g/mol. The van der Waals surface area contributed by atoms with Crippen molar-refractivity contribution in [1.29, 1.82) is 0 Å². The first-order valence-electron chi connectivity index (χ1n) is 9.31. The third-order valence-corrected chi connectivity index (χ3v) is 5.95. The fourth-order valence-corrected chi connectivity index (χ4v) is 4.44. The highest BCUT2D eigenvalue weighted by molar-refractivity contribution is 7.99. The molecular formula is C23H18N4OS. The van der Waals surface area contributed by atoms with E-state index in [4.69, 9.17) is 0 Å². The summed E-state index contributed by atoms with van der Waals surface area (Å²) in [6.45, 7) is 0.455. The first kappa shape index (κ1) is 17.6. The van der Waals surface area contributed by atoms with Gasteiger partial charge in [-0.3, -0.25) is 4.90 Å². The van der Waals surface area contributed by atoms with Gasteiger partial charge in [0.2, 0.25) is 0 Å². The second-order valence-electron chi connectivity index (χ2n) is 6.67. The Morgan fingerprint density at radius 3 is 2.17 bits per heavy atom. The summed E-state index contributed by atoms with van der Waals surface area (Å²) >= 11 is 1.69. The molecule has 0 spiro atoms. The molecule has 0 aliphatic carbocycles. The fourth-order valence-electron chi connectivity index (χ4n) is 3.38. The molecule has 1 N–H and O–H groups in total. The van der Waals surface area contributed by atoms with E-state index in [1.54, 1.807) is 29.2 Å². The minimum atomic E-state index is -0.135. The minimum absolute atomic E-state index is 0.135. The number of benzene rings is 3. The van der Waals surface area contributed by atoms with Gasteiger partial charge in [-0.05, 0) is 42.0 Å². The van der Waals surface area contributed by atoms with E-state index < -0.39 is 0 Å². The molecule has 5 nitrogen and oxygen atoms in total. The highest BCUT2D eigenvalue weighted by Gasteiger charge is 2.27. The molecule has 2 amide bonds. The van der Waals surface area contributed by atoms with Crippen molar-refractivity contribution in [3.63, 3.8) is 0 Å². The largest absolute Gasteiger partial charge is 0.333 e. The van der Waals surface area contributed by atoms with Gasteiger partial charge in [0.25, 0.3) is 0 Å². The number of para-hydroxylation sites is 2. The quantitative estimate of drug-likeness (QED) is 0.504. The number of amides is 2. The van der Waals surface area contributed by atoms with E-state index in [-0.39, 0.29) is 6.03 Å². The summed E-state index contributed by atoms with van der Waals surface area (Å²) in [5.74, 6) is 0. The molecule has 0 radical (unpaired) electrons. The Labute approximate surface area is 173 Å². The molecule has 5 rings (SSSR count). The van der Waals surface area contributed by atoms with Gasteiger partial charge in [-0.1, -0.05) is 48.2 Å². The summed E-state index contributed by atoms with van der Waals surface area (Å²) in [5, 5.41) is 3.06. The van der Waals surface area contributed by atoms with Crippen molar-refractivity contribution < 1.29 is 4.79 Å². The third kappa shape index (κ3) is 3.39. The molecule has 0 unspecified atom stereocenters. The minimum Gasteiger partial charge on any atom is -0.333 e. The molecule has 3 aromatic carbocycles. The van der Waals surface area contributed by atoms with Crippen molar-refractivity contribution in [2.45, 2.75) is 16.3 Å². The number of fused-ring (bicyclic) bond motifs is 2. The Balaban J connectivity index is 1.36. The van der Waals surface area contributed by atoms with Crippen molar-refractivity contribution in [3.8, 4) is 5.69 Å². The van der Waals surface area contributed by atoms with Gasteiger partial charge in [0.05, 0.1) is 17.7 Å². The predicted octanol–water partition coefficient (Wildman–Crippen LogP) is 5.38. The van der Waals surface area contributed by atoms with Crippen LogP contribution >= 0.6 is 11.8 Å². The topological polar surface area (TPSA) is 50.2 Å². The van der Waals surface area contributed by atoms with E-state index in [1.807, 2.05) is 83.6 Å². The molecule has 0 saturated carbocycles. The number of rotatable bonds is 3. The molecule has 29 heavy (non-hydrogen) atoms. The van der Waals surface area contributed by atoms with E-state index in [1.165, 1.54) is 0 Å². The lowest BCUT2D eigenvalue weighted by molar-refractivity contribution is 0.248. The zero-order valence-corrected chi connectivity index (χ0v) is 16.3. The Kier molecular flexibility index (Phi) is 4.54. The van der Waals surface area contributed by atoms with E-state index in [0.29, 0.717) is 6.54 Å². The van der Waals surface area contributed by atoms with Gasteiger partial charge in [-0.15, -0.1) is 0 Å². The van der Waals surface area contributed by atoms with E-state index >= 15 is 0 Å². The van der Waals surface area contributed by atoms with Crippen LogP contribution in [0.25, 0.3) is 5.69 Å². The molecule has 4 aromatic rings. The predicted molar refractivity (Wildman–Crippen MR) is 115 cm³/mol. The van der Waals surface area contributed by atoms with Crippen LogP contribution in [0, 0.1) is 0 Å². The molecule has 0 atom stereocenters. The maximum Gasteiger partial charge on any atom is 0.326 e. The van der Waals surface area contributed by atoms with Crippen molar-refractivity contribution in [2.75, 3.05) is 4.90 Å². The monoisotopic (exact) mass is 398 g/mol. The van der Waals surface area contributed by atoms with Crippen molar-refractivity contribution in [2.24, 2.45) is 0 Å². The molecule has 1 aromatic heterocycles. The standard InChI is InChI=1S/C23H18N4OS/c28-23(25-15-17-9-11-18(12-10-17)26-14-13-24-16-26)27-19-5-1-3-7-21(19)29-22-8-4-2-6-20(22)27/h1-14,16H,15H2,(H,25,28). The highest BCUT2D eigenvalue weighted by atomic mass is 32.2. The van der Waals surface area contributed by atoms with E-state index in [9.17, 15) is 4.79 Å². The number of anilines is 2. The van der Waals surface area contributed by atoms with Crippen LogP contribution < -0.4 is 10.2 Å². The lowest BCUT2D eigenvalue weighted by Gasteiger charge is -2.31. The Morgan fingerprint density at radius 2 is 1.55 bits per heavy atom. The van der Waals surface area contributed by atoms with Crippen molar-refractivity contribution >= 4 is 29.2 Å². The van der Waals surface area contributed by atoms with Crippen molar-refractivity contribution in [3.05, 3.63) is 97.1 Å². The molecule has 142 valence electrons. The Hall–Kier alpha value is -3.51. The van der Waals surface area contributed by atoms with E-state index in [0.717, 1.165) is 32.4 Å². The van der Waals surface area contributed by atoms with Crippen LogP contribution in [0.4, 0.5) is 16.2 Å². The molecule has 6 heteroatoms. The summed E-state index contributed by atoms with van der Waals surface area (Å²) < 4.78 is 1.95. The Bertz CT molecular complexity index is 1110. The first-order valence-corrected chi connectivity index (χ1v) is 10.1. The number of aromatic nitrogens is 2. The van der Waals surface area contributed by atoms with Crippen LogP contribution in [-0.2, 0) is 6.54 Å². The molecule has 0 fully saturated rings. The second kappa shape index (κ2) is 7.48. The number of hydrogen-bond acceptors (Lipinski definition) is 3. The van der Waals surface area contributed by atoms with Crippen LogP contribution in [0.5, 0.6) is 0 Å². The van der Waals surface area contributed by atoms with Crippen LogP contribution in [-0.4, -0.2) is 15.6 Å². The van der Waals surface area contributed by atoms with Crippen molar-refractivity contribution in [1.82, 2.24) is 14.9 Å². The van der Waals surface area contributed by atoms with Gasteiger partial charge < -0.3 is 9.88 Å². The average molecular weight is 398 g/mol. The maximum absolute atomic E-state index is 13.1. The molecule has 0 saturated heterocycles. The molecule has 2 heterocycles. The zero-order valence-electron chi connectivity index (χ0n) is 15.5. The maximum atomic E-state index is 13.1. The summed E-state index contributed by atoms with van der Waals surface area (Å²) in [7, 11) is 0. The average Bonchev–Trinajstić information content (AvgIpc) is 3.31. The normalized spacial score (nSPS) is 12.2. The number of nitrogens with one attached hydrogen (secondary N) is 1. The van der Waals surface area contributed by atoms with Gasteiger partial charge >= 0.3 is 6.03 Å². The Morgan fingerprint density at radius 1 is 0.897 bits per heavy atom. The number of urea groups is 1. The number of hydrogen-bond donors (Lipinski definition) is 1. The summed E-state index contributed by atoms with van der Waals surface area (Å²) in [6.07, 6.45) is 5.42. The van der Waals surface area contributed by atoms with Gasteiger partial charge in [-0.25, -0.2) is 9.78 Å². The van der Waals surface area contributed by atoms with Gasteiger partial charge in [0.15, 0.2) is 0 Å². The number of carbonyl (C=O) groups excluding carboxylic acids is 1. The lowest BCUT2D eigenvalue weighted by Crippen LogP contribution is -2.37. The third-order valence-electron chi connectivity index (χ3n) is 4.82. The first-order chi connectivity index (χ1) is 14.3. The van der Waals surface area contributed by atoms with Gasteiger partial charge in [-0.2, -0.15) is 0 Å². The summed E-state index contributed by atoms with van der Waals surface area (Å²) in [6, 6.07) is 23.9. The van der Waals surface area contributed by atoms with Gasteiger partial charge in [0, 0.05) is 34.4 Å². The lowest BCUT2D eigenvalue weighted by atomic mass is 10.2. The number of nitrogens with zero attached hydrogens (tertiary/aromatic N) is 3. The van der Waals surface area contributed by atoms with Crippen LogP contribution in [0.2, 0.25) is 0 Å². The number of imidazole rings is 1.